The summed E-state index contributed by atoms with van der Waals surface area (Å²) in [6.45, 7) is 1.98. The molecule has 21 heavy (non-hydrogen) atoms. The van der Waals surface area contributed by atoms with Crippen molar-refractivity contribution in [3.8, 4) is 9.88 Å². The van der Waals surface area contributed by atoms with Crippen molar-refractivity contribution in [2.24, 2.45) is 0 Å². The summed E-state index contributed by atoms with van der Waals surface area (Å²) in [5.41, 5.74) is 0.270. The minimum atomic E-state index is -1.01. The number of carbonyl (C=O) groups excluding carboxylic acids is 1. The molecular formula is C14H16N2O3S2. The summed E-state index contributed by atoms with van der Waals surface area (Å²) in [7, 11) is 0. The van der Waals surface area contributed by atoms with Crippen LogP contribution in [-0.4, -0.2) is 28.0 Å². The molecule has 2 rings (SSSR count). The number of rotatable bonds is 7. The largest absolute Gasteiger partial charge is 0.480 e. The summed E-state index contributed by atoms with van der Waals surface area (Å²) in [4.78, 5) is 28.5. The number of hydrogen-bond donors (Lipinski definition) is 2. The third-order valence-corrected chi connectivity index (χ3v) is 4.80. The minimum Gasteiger partial charge on any atom is -0.480 e. The number of carboxylic acid groups (broad SMARTS) is 1. The maximum absolute atomic E-state index is 12.1. The highest BCUT2D eigenvalue weighted by atomic mass is 32.1. The van der Waals surface area contributed by atoms with Crippen molar-refractivity contribution >= 4 is 34.6 Å². The number of thiazole rings is 1. The second-order valence-corrected chi connectivity index (χ2v) is 6.33. The van der Waals surface area contributed by atoms with Gasteiger partial charge in [0.05, 0.1) is 4.88 Å². The molecule has 7 heteroatoms. The highest BCUT2D eigenvalue weighted by molar-refractivity contribution is 7.20. The molecule has 0 aliphatic heterocycles. The number of carboxylic acids is 1. The fourth-order valence-electron chi connectivity index (χ4n) is 1.79. The molecule has 1 atom stereocenters. The predicted octanol–water partition coefficient (Wildman–Crippen LogP) is 3.24. The molecular weight excluding hydrogens is 308 g/mol. The number of thiophene rings is 1. The van der Waals surface area contributed by atoms with E-state index in [1.807, 2.05) is 24.4 Å². The molecule has 2 heterocycles. The van der Waals surface area contributed by atoms with E-state index in [4.69, 9.17) is 5.11 Å². The van der Waals surface area contributed by atoms with Gasteiger partial charge in [0.2, 0.25) is 0 Å². The molecule has 5 nitrogen and oxygen atoms in total. The van der Waals surface area contributed by atoms with E-state index in [0.29, 0.717) is 6.42 Å². The fraction of sp³-hybridized carbons (Fsp3) is 0.357. The number of aromatic nitrogens is 1. The van der Waals surface area contributed by atoms with E-state index < -0.39 is 17.9 Å². The van der Waals surface area contributed by atoms with Gasteiger partial charge < -0.3 is 10.4 Å². The Hall–Kier alpha value is -1.73. The Balaban J connectivity index is 2.04. The Morgan fingerprint density at radius 2 is 2.24 bits per heavy atom. The zero-order valence-electron chi connectivity index (χ0n) is 11.5. The van der Waals surface area contributed by atoms with Gasteiger partial charge in [0, 0.05) is 5.38 Å². The monoisotopic (exact) mass is 324 g/mol. The topological polar surface area (TPSA) is 79.3 Å². The highest BCUT2D eigenvalue weighted by Gasteiger charge is 2.21. The van der Waals surface area contributed by atoms with Crippen LogP contribution >= 0.6 is 22.7 Å². The summed E-state index contributed by atoms with van der Waals surface area (Å²) < 4.78 is 0. The average molecular weight is 324 g/mol. The molecule has 0 radical (unpaired) electrons. The maximum atomic E-state index is 12.1. The number of carbonyl (C=O) groups is 2. The number of unbranched alkanes of at least 4 members (excludes halogenated alkanes) is 1. The number of hydrogen-bond acceptors (Lipinski definition) is 5. The summed E-state index contributed by atoms with van der Waals surface area (Å²) in [5, 5.41) is 16.0. The van der Waals surface area contributed by atoms with Gasteiger partial charge in [0.15, 0.2) is 0 Å². The Bertz CT molecular complexity index is 608. The van der Waals surface area contributed by atoms with Gasteiger partial charge in [-0.3, -0.25) is 4.79 Å². The molecule has 0 fully saturated rings. The maximum Gasteiger partial charge on any atom is 0.326 e. The summed E-state index contributed by atoms with van der Waals surface area (Å²) in [6, 6.07) is 3.00. The van der Waals surface area contributed by atoms with Crippen LogP contribution < -0.4 is 5.32 Å². The van der Waals surface area contributed by atoms with E-state index in [1.165, 1.54) is 11.3 Å². The van der Waals surface area contributed by atoms with Gasteiger partial charge in [-0.15, -0.1) is 22.7 Å². The van der Waals surface area contributed by atoms with Crippen LogP contribution in [-0.2, 0) is 4.79 Å². The second kappa shape index (κ2) is 7.33. The second-order valence-electron chi connectivity index (χ2n) is 4.52. The van der Waals surface area contributed by atoms with Crippen LogP contribution in [0.1, 0.15) is 36.7 Å². The quantitative estimate of drug-likeness (QED) is 0.819. The first-order chi connectivity index (χ1) is 10.1. The lowest BCUT2D eigenvalue weighted by Crippen LogP contribution is -2.40. The summed E-state index contributed by atoms with van der Waals surface area (Å²) in [5.74, 6) is -1.44. The Morgan fingerprint density at radius 3 is 2.86 bits per heavy atom. The van der Waals surface area contributed by atoms with Crippen molar-refractivity contribution in [2.45, 2.75) is 32.2 Å². The van der Waals surface area contributed by atoms with Crippen molar-refractivity contribution in [2.75, 3.05) is 0 Å². The van der Waals surface area contributed by atoms with Gasteiger partial charge in [-0.25, -0.2) is 9.78 Å². The van der Waals surface area contributed by atoms with E-state index in [-0.39, 0.29) is 5.69 Å². The number of nitrogens with one attached hydrogen (secondary N) is 1. The molecule has 2 aromatic rings. The van der Waals surface area contributed by atoms with Crippen molar-refractivity contribution in [1.82, 2.24) is 10.3 Å². The first-order valence-electron chi connectivity index (χ1n) is 6.65. The SMILES string of the molecule is CCCC[C@H](NC(=O)c1csc(-c2cccs2)n1)C(=O)O. The third-order valence-electron chi connectivity index (χ3n) is 2.92. The van der Waals surface area contributed by atoms with Gasteiger partial charge >= 0.3 is 5.97 Å². The number of aliphatic carboxylic acids is 1. The zero-order chi connectivity index (χ0) is 15.2. The summed E-state index contributed by atoms with van der Waals surface area (Å²) >= 11 is 2.93. The van der Waals surface area contributed by atoms with Gasteiger partial charge in [-0.05, 0) is 17.9 Å². The lowest BCUT2D eigenvalue weighted by Gasteiger charge is -2.12. The van der Waals surface area contributed by atoms with Gasteiger partial charge in [-0.1, -0.05) is 25.8 Å². The van der Waals surface area contributed by atoms with Crippen LogP contribution in [0.2, 0.25) is 0 Å². The zero-order valence-corrected chi connectivity index (χ0v) is 13.2. The first-order valence-corrected chi connectivity index (χ1v) is 8.40. The smallest absolute Gasteiger partial charge is 0.326 e. The van der Waals surface area contributed by atoms with E-state index in [1.54, 1.807) is 16.7 Å². The minimum absolute atomic E-state index is 0.270. The van der Waals surface area contributed by atoms with Gasteiger partial charge in [0.1, 0.15) is 16.7 Å². The van der Waals surface area contributed by atoms with Crippen LogP contribution in [0.3, 0.4) is 0 Å². The normalized spacial score (nSPS) is 12.0. The van der Waals surface area contributed by atoms with Crippen molar-refractivity contribution in [3.05, 3.63) is 28.6 Å². The fourth-order valence-corrected chi connectivity index (χ4v) is 3.40. The molecule has 0 aliphatic rings. The van der Waals surface area contributed by atoms with E-state index in [0.717, 1.165) is 22.7 Å². The average Bonchev–Trinajstić information content (AvgIpc) is 3.12. The van der Waals surface area contributed by atoms with Crippen molar-refractivity contribution < 1.29 is 14.7 Å². The molecule has 1 amide bonds. The lowest BCUT2D eigenvalue weighted by atomic mass is 10.1. The molecule has 2 N–H and O–H groups in total. The standard InChI is InChI=1S/C14H16N2O3S2/c1-2-3-5-9(14(18)19)15-12(17)10-8-21-13(16-10)11-6-4-7-20-11/h4,6-9H,2-3,5H2,1H3,(H,15,17)(H,18,19)/t9-/m0/s1. The Labute approximate surface area is 130 Å². The molecule has 0 bridgehead atoms. The van der Waals surface area contributed by atoms with Crippen molar-refractivity contribution in [3.63, 3.8) is 0 Å². The molecule has 0 aromatic carbocycles. The number of nitrogens with zero attached hydrogens (tertiary/aromatic N) is 1. The van der Waals surface area contributed by atoms with Crippen LogP contribution in [0, 0.1) is 0 Å². The first kappa shape index (κ1) is 15.7. The molecule has 112 valence electrons. The van der Waals surface area contributed by atoms with E-state index >= 15 is 0 Å². The predicted molar refractivity (Wildman–Crippen MR) is 83.8 cm³/mol. The third kappa shape index (κ3) is 4.12. The highest BCUT2D eigenvalue weighted by Crippen LogP contribution is 2.27. The van der Waals surface area contributed by atoms with Gasteiger partial charge in [0.25, 0.3) is 5.91 Å². The van der Waals surface area contributed by atoms with Crippen molar-refractivity contribution in [1.29, 1.82) is 0 Å². The molecule has 0 spiro atoms. The number of amides is 1. The molecule has 0 saturated heterocycles. The van der Waals surface area contributed by atoms with Crippen LogP contribution in [0.25, 0.3) is 9.88 Å². The van der Waals surface area contributed by atoms with Crippen LogP contribution in [0.5, 0.6) is 0 Å². The molecule has 0 unspecified atom stereocenters. The van der Waals surface area contributed by atoms with Crippen LogP contribution in [0.4, 0.5) is 0 Å². The summed E-state index contributed by atoms with van der Waals surface area (Å²) in [6.07, 6.45) is 2.08. The molecule has 2 aromatic heterocycles. The molecule has 0 aliphatic carbocycles. The Morgan fingerprint density at radius 1 is 1.43 bits per heavy atom. The lowest BCUT2D eigenvalue weighted by molar-refractivity contribution is -0.139. The Kier molecular flexibility index (Phi) is 5.46. The van der Waals surface area contributed by atoms with E-state index in [2.05, 4.69) is 10.3 Å². The van der Waals surface area contributed by atoms with Crippen LogP contribution in [0.15, 0.2) is 22.9 Å². The van der Waals surface area contributed by atoms with E-state index in [9.17, 15) is 9.59 Å². The van der Waals surface area contributed by atoms with Gasteiger partial charge in [-0.2, -0.15) is 0 Å². The molecule has 0 saturated carbocycles.